The highest BCUT2D eigenvalue weighted by Gasteiger charge is 2.24. The summed E-state index contributed by atoms with van der Waals surface area (Å²) in [4.78, 5) is 4.77. The van der Waals surface area contributed by atoms with Crippen molar-refractivity contribution in [2.24, 2.45) is 0 Å². The molecule has 118 valence electrons. The third-order valence-electron chi connectivity index (χ3n) is 4.65. The summed E-state index contributed by atoms with van der Waals surface area (Å²) >= 11 is 0. The first-order valence-electron chi connectivity index (χ1n) is 8.25. The van der Waals surface area contributed by atoms with Crippen LogP contribution >= 0.6 is 0 Å². The van der Waals surface area contributed by atoms with Gasteiger partial charge in [-0.3, -0.25) is 4.90 Å². The Hall–Kier alpha value is -1.06. The zero-order valence-electron chi connectivity index (χ0n) is 14.3. The Morgan fingerprint density at radius 2 is 1.81 bits per heavy atom. The van der Waals surface area contributed by atoms with Crippen molar-refractivity contribution in [1.82, 2.24) is 10.2 Å². The van der Waals surface area contributed by atoms with Crippen LogP contribution in [0.2, 0.25) is 0 Å². The Kier molecular flexibility index (Phi) is 5.65. The maximum atomic E-state index is 3.62. The molecular formula is C18H31N3. The predicted molar refractivity (Wildman–Crippen MR) is 92.1 cm³/mol. The van der Waals surface area contributed by atoms with Gasteiger partial charge in [0.2, 0.25) is 0 Å². The van der Waals surface area contributed by atoms with Gasteiger partial charge in [0.1, 0.15) is 0 Å². The molecule has 1 saturated heterocycles. The van der Waals surface area contributed by atoms with Gasteiger partial charge in [-0.1, -0.05) is 12.1 Å². The van der Waals surface area contributed by atoms with Crippen LogP contribution in [0.1, 0.15) is 45.2 Å². The molecule has 1 aliphatic rings. The number of rotatable bonds is 6. The fourth-order valence-corrected chi connectivity index (χ4v) is 3.23. The van der Waals surface area contributed by atoms with Crippen LogP contribution in [0.4, 0.5) is 5.69 Å². The fraction of sp³-hybridized carbons (Fsp3) is 0.667. The van der Waals surface area contributed by atoms with Crippen molar-refractivity contribution in [3.63, 3.8) is 0 Å². The zero-order chi connectivity index (χ0) is 15.4. The van der Waals surface area contributed by atoms with Crippen molar-refractivity contribution >= 4 is 5.69 Å². The van der Waals surface area contributed by atoms with Crippen LogP contribution in [0, 0.1) is 0 Å². The van der Waals surface area contributed by atoms with E-state index in [1.165, 1.54) is 30.6 Å². The molecule has 1 fully saturated rings. The minimum Gasteiger partial charge on any atom is -0.378 e. The van der Waals surface area contributed by atoms with Gasteiger partial charge in [-0.25, -0.2) is 0 Å². The smallest absolute Gasteiger partial charge is 0.0361 e. The topological polar surface area (TPSA) is 18.5 Å². The predicted octanol–water partition coefficient (Wildman–Crippen LogP) is 3.28. The summed E-state index contributed by atoms with van der Waals surface area (Å²) in [7, 11) is 4.18. The van der Waals surface area contributed by atoms with E-state index in [1.54, 1.807) is 0 Å². The maximum Gasteiger partial charge on any atom is 0.0361 e. The summed E-state index contributed by atoms with van der Waals surface area (Å²) in [6.07, 6.45) is 2.64. The van der Waals surface area contributed by atoms with E-state index in [2.05, 4.69) is 74.2 Å². The second-order valence-electron chi connectivity index (χ2n) is 6.75. The van der Waals surface area contributed by atoms with E-state index in [0.717, 1.165) is 6.54 Å². The molecule has 1 heterocycles. The molecule has 0 aliphatic carbocycles. The van der Waals surface area contributed by atoms with Crippen molar-refractivity contribution in [2.45, 2.75) is 51.7 Å². The van der Waals surface area contributed by atoms with Crippen molar-refractivity contribution in [3.8, 4) is 0 Å². The van der Waals surface area contributed by atoms with Crippen LogP contribution in [0.25, 0.3) is 0 Å². The lowest BCUT2D eigenvalue weighted by Gasteiger charge is -2.35. The second kappa shape index (κ2) is 7.28. The molecule has 2 unspecified atom stereocenters. The highest BCUT2D eigenvalue weighted by molar-refractivity contribution is 5.46. The SMILES string of the molecule is CC(C)N(CC1CCCN1)C(C)c1ccc(N(C)C)cc1. The van der Waals surface area contributed by atoms with Crippen molar-refractivity contribution < 1.29 is 0 Å². The fourth-order valence-electron chi connectivity index (χ4n) is 3.23. The van der Waals surface area contributed by atoms with Crippen LogP contribution in [0.3, 0.4) is 0 Å². The van der Waals surface area contributed by atoms with Crippen molar-refractivity contribution in [1.29, 1.82) is 0 Å². The molecule has 3 heteroatoms. The van der Waals surface area contributed by atoms with E-state index in [4.69, 9.17) is 0 Å². The lowest BCUT2D eigenvalue weighted by atomic mass is 10.0. The molecule has 0 aromatic heterocycles. The lowest BCUT2D eigenvalue weighted by molar-refractivity contribution is 0.150. The molecule has 0 spiro atoms. The van der Waals surface area contributed by atoms with E-state index in [-0.39, 0.29) is 0 Å². The van der Waals surface area contributed by atoms with Gasteiger partial charge in [-0.05, 0) is 57.9 Å². The molecule has 1 aliphatic heterocycles. The highest BCUT2D eigenvalue weighted by Crippen LogP contribution is 2.25. The molecule has 0 amide bonds. The van der Waals surface area contributed by atoms with E-state index in [0.29, 0.717) is 18.1 Å². The summed E-state index contributed by atoms with van der Waals surface area (Å²) in [5.41, 5.74) is 2.67. The van der Waals surface area contributed by atoms with E-state index >= 15 is 0 Å². The van der Waals surface area contributed by atoms with Gasteiger partial charge in [-0.2, -0.15) is 0 Å². The Bertz CT molecular complexity index is 419. The number of hydrogen-bond donors (Lipinski definition) is 1. The molecule has 1 N–H and O–H groups in total. The number of anilines is 1. The molecule has 1 aromatic rings. The summed E-state index contributed by atoms with van der Waals surface area (Å²) < 4.78 is 0. The monoisotopic (exact) mass is 289 g/mol. The van der Waals surface area contributed by atoms with Crippen LogP contribution in [0.15, 0.2) is 24.3 Å². The highest BCUT2D eigenvalue weighted by atomic mass is 15.2. The van der Waals surface area contributed by atoms with Crippen molar-refractivity contribution in [3.05, 3.63) is 29.8 Å². The molecule has 0 saturated carbocycles. The van der Waals surface area contributed by atoms with Gasteiger partial charge in [0, 0.05) is 44.5 Å². The van der Waals surface area contributed by atoms with Crippen LogP contribution in [0.5, 0.6) is 0 Å². The van der Waals surface area contributed by atoms with Gasteiger partial charge in [0.15, 0.2) is 0 Å². The molecule has 3 nitrogen and oxygen atoms in total. The first-order chi connectivity index (χ1) is 9.99. The van der Waals surface area contributed by atoms with Crippen LogP contribution in [-0.2, 0) is 0 Å². The first-order valence-corrected chi connectivity index (χ1v) is 8.25. The van der Waals surface area contributed by atoms with E-state index < -0.39 is 0 Å². The third-order valence-corrected chi connectivity index (χ3v) is 4.65. The minimum atomic E-state index is 0.462. The van der Waals surface area contributed by atoms with Gasteiger partial charge >= 0.3 is 0 Å². The normalized spacial score (nSPS) is 20.2. The zero-order valence-corrected chi connectivity index (χ0v) is 14.3. The molecule has 2 rings (SSSR count). The van der Waals surface area contributed by atoms with Gasteiger partial charge in [0.25, 0.3) is 0 Å². The molecule has 0 bridgehead atoms. The maximum absolute atomic E-state index is 3.62. The summed E-state index contributed by atoms with van der Waals surface area (Å²) in [6, 6.07) is 10.7. The van der Waals surface area contributed by atoms with Crippen LogP contribution < -0.4 is 10.2 Å². The summed E-state index contributed by atoms with van der Waals surface area (Å²) in [6.45, 7) is 9.27. The van der Waals surface area contributed by atoms with Gasteiger partial charge < -0.3 is 10.2 Å². The van der Waals surface area contributed by atoms with Crippen molar-refractivity contribution in [2.75, 3.05) is 32.1 Å². The molecule has 1 aromatic carbocycles. The standard InChI is InChI=1S/C18H31N3/c1-14(2)21(13-17-7-6-12-19-17)15(3)16-8-10-18(11-9-16)20(4)5/h8-11,14-15,17,19H,6-7,12-13H2,1-5H3. The molecule has 2 atom stereocenters. The largest absolute Gasteiger partial charge is 0.378 e. The first kappa shape index (κ1) is 16.3. The van der Waals surface area contributed by atoms with Crippen LogP contribution in [-0.4, -0.2) is 44.2 Å². The Labute approximate surface area is 130 Å². The number of benzene rings is 1. The molecule has 21 heavy (non-hydrogen) atoms. The van der Waals surface area contributed by atoms with Gasteiger partial charge in [-0.15, -0.1) is 0 Å². The number of hydrogen-bond acceptors (Lipinski definition) is 3. The Balaban J connectivity index is 2.07. The van der Waals surface area contributed by atoms with E-state index in [1.807, 2.05) is 0 Å². The number of nitrogens with one attached hydrogen (secondary N) is 1. The Morgan fingerprint density at radius 3 is 2.29 bits per heavy atom. The minimum absolute atomic E-state index is 0.462. The molecular weight excluding hydrogens is 258 g/mol. The average molecular weight is 289 g/mol. The summed E-state index contributed by atoms with van der Waals surface area (Å²) in [5, 5.41) is 3.62. The summed E-state index contributed by atoms with van der Waals surface area (Å²) in [5.74, 6) is 0. The van der Waals surface area contributed by atoms with E-state index in [9.17, 15) is 0 Å². The molecule has 0 radical (unpaired) electrons. The van der Waals surface area contributed by atoms with Gasteiger partial charge in [0.05, 0.1) is 0 Å². The Morgan fingerprint density at radius 1 is 1.14 bits per heavy atom. The quantitative estimate of drug-likeness (QED) is 0.867. The second-order valence-corrected chi connectivity index (χ2v) is 6.75. The third kappa shape index (κ3) is 4.21. The lowest BCUT2D eigenvalue weighted by Crippen LogP contribution is -2.42. The average Bonchev–Trinajstić information content (AvgIpc) is 2.97. The number of nitrogens with zero attached hydrogens (tertiary/aromatic N) is 2.